The van der Waals surface area contributed by atoms with Crippen LogP contribution in [-0.2, 0) is 28.2 Å². The Morgan fingerprint density at radius 1 is 1.29 bits per heavy atom. The normalized spacial score (nSPS) is 21.7. The van der Waals surface area contributed by atoms with Crippen LogP contribution in [0.4, 0.5) is 0 Å². The summed E-state index contributed by atoms with van der Waals surface area (Å²) in [5.41, 5.74) is 1.80. The molecule has 2 unspecified atom stereocenters. The summed E-state index contributed by atoms with van der Waals surface area (Å²) in [6.45, 7) is 0.750. The Kier molecular flexibility index (Phi) is 5.17. The fraction of sp³-hybridized carbons (Fsp3) is 0.238. The van der Waals surface area contributed by atoms with Crippen LogP contribution in [0.15, 0.2) is 67.3 Å². The summed E-state index contributed by atoms with van der Waals surface area (Å²) in [6.07, 6.45) is 5.39. The number of ether oxygens (including phenoxy) is 2. The molecule has 0 aliphatic carbocycles. The fourth-order valence-electron chi connectivity index (χ4n) is 3.49. The van der Waals surface area contributed by atoms with Crippen LogP contribution in [-0.4, -0.2) is 33.3 Å². The number of nitrogens with zero attached hydrogens (tertiary/aromatic N) is 2. The topological polar surface area (TPSA) is 73.6 Å². The highest BCUT2D eigenvalue weighted by atomic mass is 35.5. The monoisotopic (exact) mass is 398 g/mol. The van der Waals surface area contributed by atoms with Gasteiger partial charge in [0.15, 0.2) is 0 Å². The van der Waals surface area contributed by atoms with E-state index in [0.717, 1.165) is 5.56 Å². The van der Waals surface area contributed by atoms with Gasteiger partial charge < -0.3 is 19.1 Å². The molecule has 0 bridgehead atoms. The van der Waals surface area contributed by atoms with E-state index in [4.69, 9.17) is 21.1 Å². The van der Waals surface area contributed by atoms with Crippen LogP contribution in [0.5, 0.6) is 0 Å². The maximum absolute atomic E-state index is 11.5. The van der Waals surface area contributed by atoms with Gasteiger partial charge in [-0.1, -0.05) is 41.9 Å². The Morgan fingerprint density at radius 3 is 2.89 bits per heavy atom. The number of benzene rings is 2. The summed E-state index contributed by atoms with van der Waals surface area (Å²) in [7, 11) is 0. The third-order valence-electron chi connectivity index (χ3n) is 4.77. The van der Waals surface area contributed by atoms with E-state index >= 15 is 0 Å². The molecule has 144 valence electrons. The number of hydrogen-bond acceptors (Lipinski definition) is 4. The molecular weight excluding hydrogens is 380 g/mol. The molecule has 2 atom stereocenters. The van der Waals surface area contributed by atoms with Gasteiger partial charge in [-0.15, -0.1) is 0 Å². The van der Waals surface area contributed by atoms with Crippen molar-refractivity contribution < 1.29 is 19.4 Å². The molecule has 2 heterocycles. The summed E-state index contributed by atoms with van der Waals surface area (Å²) >= 11 is 6.19. The minimum atomic E-state index is -1.02. The number of hydrogen-bond donors (Lipinski definition) is 1. The second-order valence-corrected chi connectivity index (χ2v) is 7.15. The van der Waals surface area contributed by atoms with Crippen molar-refractivity contribution in [2.24, 2.45) is 0 Å². The number of aromatic carboxylic acids is 1. The summed E-state index contributed by atoms with van der Waals surface area (Å²) in [6, 6.07) is 14.3. The van der Waals surface area contributed by atoms with Gasteiger partial charge in [0, 0.05) is 29.4 Å². The quantitative estimate of drug-likeness (QED) is 0.684. The number of carboxylic acid groups (broad SMARTS) is 1. The van der Waals surface area contributed by atoms with Gasteiger partial charge in [-0.2, -0.15) is 0 Å². The highest BCUT2D eigenvalue weighted by Crippen LogP contribution is 2.38. The predicted octanol–water partition coefficient (Wildman–Crippen LogP) is 3.75. The van der Waals surface area contributed by atoms with E-state index in [1.807, 2.05) is 41.1 Å². The summed E-state index contributed by atoms with van der Waals surface area (Å²) in [5, 5.41) is 10.0. The zero-order valence-electron chi connectivity index (χ0n) is 15.0. The van der Waals surface area contributed by atoms with Crippen molar-refractivity contribution in [1.82, 2.24) is 9.55 Å². The highest BCUT2D eigenvalue weighted by Gasteiger charge is 2.44. The lowest BCUT2D eigenvalue weighted by Crippen LogP contribution is -2.33. The smallest absolute Gasteiger partial charge is 0.335 e. The van der Waals surface area contributed by atoms with Crippen molar-refractivity contribution in [3.63, 3.8) is 0 Å². The lowest BCUT2D eigenvalue weighted by molar-refractivity contribution is -0.186. The minimum absolute atomic E-state index is 0.279. The first kappa shape index (κ1) is 18.7. The molecule has 7 heteroatoms. The molecule has 0 spiro atoms. The fourth-order valence-corrected chi connectivity index (χ4v) is 3.68. The minimum Gasteiger partial charge on any atom is -0.478 e. The number of carbonyl (C=O) groups is 1. The molecule has 28 heavy (non-hydrogen) atoms. The summed E-state index contributed by atoms with van der Waals surface area (Å²) in [5.74, 6) is -1.97. The first-order chi connectivity index (χ1) is 13.6. The zero-order valence-corrected chi connectivity index (χ0v) is 15.7. The third-order valence-corrected chi connectivity index (χ3v) is 5.00. The van der Waals surface area contributed by atoms with Crippen molar-refractivity contribution in [2.45, 2.75) is 24.9 Å². The van der Waals surface area contributed by atoms with Gasteiger partial charge in [-0.25, -0.2) is 9.78 Å². The number of rotatable bonds is 6. The van der Waals surface area contributed by atoms with Crippen molar-refractivity contribution >= 4 is 17.6 Å². The second-order valence-electron chi connectivity index (χ2n) is 6.72. The molecule has 1 fully saturated rings. The molecule has 1 N–H and O–H groups in total. The maximum atomic E-state index is 11.5. The van der Waals surface area contributed by atoms with Crippen molar-refractivity contribution in [1.29, 1.82) is 0 Å². The highest BCUT2D eigenvalue weighted by molar-refractivity contribution is 6.30. The van der Waals surface area contributed by atoms with E-state index in [-0.39, 0.29) is 11.7 Å². The largest absolute Gasteiger partial charge is 0.478 e. The molecule has 1 saturated heterocycles. The Bertz CT molecular complexity index is 976. The molecule has 4 rings (SSSR count). The molecule has 0 saturated carbocycles. The Hall–Kier alpha value is -2.67. The van der Waals surface area contributed by atoms with E-state index in [0.29, 0.717) is 30.2 Å². The van der Waals surface area contributed by atoms with Gasteiger partial charge in [-0.05, 0) is 23.8 Å². The third kappa shape index (κ3) is 3.80. The Balaban J connectivity index is 1.62. The van der Waals surface area contributed by atoms with Crippen LogP contribution < -0.4 is 0 Å². The number of carboxylic acids is 1. The predicted molar refractivity (Wildman–Crippen MR) is 103 cm³/mol. The van der Waals surface area contributed by atoms with Gasteiger partial charge in [0.05, 0.1) is 31.1 Å². The summed E-state index contributed by atoms with van der Waals surface area (Å²) < 4.78 is 14.4. The van der Waals surface area contributed by atoms with E-state index in [1.54, 1.807) is 30.7 Å². The SMILES string of the molecule is O=C(O)c1ccccc1CC1COC(Cn2ccnc2)(c2cccc(Cl)c2)O1. The Morgan fingerprint density at radius 2 is 2.14 bits per heavy atom. The van der Waals surface area contributed by atoms with Crippen LogP contribution in [0.2, 0.25) is 5.02 Å². The van der Waals surface area contributed by atoms with E-state index in [9.17, 15) is 9.90 Å². The molecule has 1 aliphatic rings. The average molecular weight is 399 g/mol. The van der Waals surface area contributed by atoms with Gasteiger partial charge in [0.1, 0.15) is 0 Å². The Labute approximate surface area is 167 Å². The standard InChI is InChI=1S/C21H19ClN2O4/c22-17-6-3-5-16(11-17)21(13-24-9-8-23-14-24)27-12-18(28-21)10-15-4-1-2-7-19(15)20(25)26/h1-9,11,14,18H,10,12-13H2,(H,25,26). The van der Waals surface area contributed by atoms with Gasteiger partial charge in [0.25, 0.3) is 0 Å². The van der Waals surface area contributed by atoms with Crippen LogP contribution in [0.3, 0.4) is 0 Å². The molecule has 6 nitrogen and oxygen atoms in total. The molecule has 1 aromatic heterocycles. The molecule has 2 aromatic carbocycles. The lowest BCUT2D eigenvalue weighted by atomic mass is 10.0. The van der Waals surface area contributed by atoms with Gasteiger partial charge in [0.2, 0.25) is 5.79 Å². The molecule has 3 aromatic rings. The molecule has 1 aliphatic heterocycles. The number of halogens is 1. The van der Waals surface area contributed by atoms with Crippen LogP contribution >= 0.6 is 11.6 Å². The molecular formula is C21H19ClN2O4. The second kappa shape index (κ2) is 7.75. The molecule has 0 radical (unpaired) electrons. The number of aromatic nitrogens is 2. The van der Waals surface area contributed by atoms with Crippen molar-refractivity contribution in [3.05, 3.63) is 89.0 Å². The van der Waals surface area contributed by atoms with Gasteiger partial charge >= 0.3 is 5.97 Å². The zero-order chi connectivity index (χ0) is 19.6. The lowest BCUT2D eigenvalue weighted by Gasteiger charge is -2.29. The van der Waals surface area contributed by atoms with E-state index in [2.05, 4.69) is 4.98 Å². The first-order valence-corrected chi connectivity index (χ1v) is 9.28. The van der Waals surface area contributed by atoms with Gasteiger partial charge in [-0.3, -0.25) is 0 Å². The van der Waals surface area contributed by atoms with Crippen LogP contribution in [0.25, 0.3) is 0 Å². The van der Waals surface area contributed by atoms with Crippen molar-refractivity contribution in [3.8, 4) is 0 Å². The molecule has 0 amide bonds. The van der Waals surface area contributed by atoms with Crippen LogP contribution in [0, 0.1) is 0 Å². The van der Waals surface area contributed by atoms with E-state index in [1.165, 1.54) is 0 Å². The summed E-state index contributed by atoms with van der Waals surface area (Å²) in [4.78, 5) is 15.6. The first-order valence-electron chi connectivity index (χ1n) is 8.90. The van der Waals surface area contributed by atoms with Crippen LogP contribution in [0.1, 0.15) is 21.5 Å². The van der Waals surface area contributed by atoms with Crippen molar-refractivity contribution in [2.75, 3.05) is 6.61 Å². The van der Waals surface area contributed by atoms with E-state index < -0.39 is 11.8 Å². The number of imidazole rings is 1. The maximum Gasteiger partial charge on any atom is 0.335 e. The average Bonchev–Trinajstić information content (AvgIpc) is 3.33.